The number of hydrogen-bond acceptors (Lipinski definition) is 1. The Morgan fingerprint density at radius 2 is 2.00 bits per heavy atom. The maximum Gasteiger partial charge on any atom is 0.0366 e. The fourth-order valence-corrected chi connectivity index (χ4v) is 1.12. The third-order valence-corrected chi connectivity index (χ3v) is 1.86. The standard InChI is InChI=1S/C9H12ClN/c1-11-9-5-3-2-4-8(10)6-7-9/h4-7,11H,2-3H2,1H3/b7-6-,8-4-,9-5+. The van der Waals surface area contributed by atoms with Crippen molar-refractivity contribution in [2.24, 2.45) is 0 Å². The van der Waals surface area contributed by atoms with Gasteiger partial charge in [0.25, 0.3) is 0 Å². The second-order valence-corrected chi connectivity index (χ2v) is 2.85. The zero-order valence-corrected chi connectivity index (χ0v) is 7.36. The van der Waals surface area contributed by atoms with E-state index in [4.69, 9.17) is 11.6 Å². The van der Waals surface area contributed by atoms with Crippen LogP contribution in [0.3, 0.4) is 0 Å². The van der Waals surface area contributed by atoms with Gasteiger partial charge in [0.2, 0.25) is 0 Å². The second kappa shape index (κ2) is 4.24. The third kappa shape index (κ3) is 2.81. The lowest BCUT2D eigenvalue weighted by Gasteiger charge is -2.02. The molecule has 0 aliphatic heterocycles. The van der Waals surface area contributed by atoms with Gasteiger partial charge in [-0.1, -0.05) is 23.8 Å². The van der Waals surface area contributed by atoms with E-state index < -0.39 is 0 Å². The highest BCUT2D eigenvalue weighted by Gasteiger charge is 1.92. The summed E-state index contributed by atoms with van der Waals surface area (Å²) in [6.07, 6.45) is 10.2. The molecule has 1 rings (SSSR count). The summed E-state index contributed by atoms with van der Waals surface area (Å²) in [6, 6.07) is 0. The quantitative estimate of drug-likeness (QED) is 0.636. The minimum absolute atomic E-state index is 0.825. The van der Waals surface area contributed by atoms with Gasteiger partial charge in [0.1, 0.15) is 0 Å². The average Bonchev–Trinajstić information content (AvgIpc) is 1.98. The van der Waals surface area contributed by atoms with Crippen LogP contribution in [0.4, 0.5) is 0 Å². The van der Waals surface area contributed by atoms with Crippen LogP contribution in [-0.2, 0) is 0 Å². The van der Waals surface area contributed by atoms with Gasteiger partial charge in [-0.25, -0.2) is 0 Å². The van der Waals surface area contributed by atoms with Gasteiger partial charge >= 0.3 is 0 Å². The number of allylic oxidation sites excluding steroid dienone is 5. The van der Waals surface area contributed by atoms with Gasteiger partial charge in [0, 0.05) is 17.8 Å². The van der Waals surface area contributed by atoms with E-state index in [0.717, 1.165) is 23.6 Å². The van der Waals surface area contributed by atoms with Crippen molar-refractivity contribution in [1.82, 2.24) is 5.32 Å². The predicted molar refractivity (Wildman–Crippen MR) is 49.5 cm³/mol. The molecule has 0 saturated heterocycles. The number of hydrogen-bond donors (Lipinski definition) is 1. The summed E-state index contributed by atoms with van der Waals surface area (Å²) < 4.78 is 0. The van der Waals surface area contributed by atoms with Crippen LogP contribution in [0, 0.1) is 0 Å². The molecule has 0 atom stereocenters. The van der Waals surface area contributed by atoms with Crippen LogP contribution in [0.15, 0.2) is 35.0 Å². The number of likely N-dealkylation sites (N-methyl/N-ethyl adjacent to an activating group) is 1. The number of halogens is 1. The second-order valence-electron chi connectivity index (χ2n) is 2.41. The zero-order chi connectivity index (χ0) is 8.10. The number of rotatable bonds is 1. The lowest BCUT2D eigenvalue weighted by Crippen LogP contribution is -2.03. The summed E-state index contributed by atoms with van der Waals surface area (Å²) >= 11 is 5.84. The highest BCUT2D eigenvalue weighted by atomic mass is 35.5. The monoisotopic (exact) mass is 169 g/mol. The maximum absolute atomic E-state index is 5.84. The molecule has 2 heteroatoms. The van der Waals surface area contributed by atoms with E-state index in [1.807, 2.05) is 25.3 Å². The first kappa shape index (κ1) is 8.41. The molecular weight excluding hydrogens is 158 g/mol. The summed E-state index contributed by atoms with van der Waals surface area (Å²) in [5, 5.41) is 3.91. The fraction of sp³-hybridized carbons (Fsp3) is 0.333. The Morgan fingerprint density at radius 1 is 1.27 bits per heavy atom. The molecule has 0 heterocycles. The minimum Gasteiger partial charge on any atom is -0.388 e. The minimum atomic E-state index is 0.825. The molecule has 1 nitrogen and oxygen atoms in total. The number of nitrogens with one attached hydrogen (secondary N) is 1. The molecule has 1 aliphatic carbocycles. The molecule has 11 heavy (non-hydrogen) atoms. The molecule has 1 aliphatic rings. The Kier molecular flexibility index (Phi) is 3.24. The third-order valence-electron chi connectivity index (χ3n) is 1.58. The predicted octanol–water partition coefficient (Wildman–Crippen LogP) is 2.56. The Bertz CT molecular complexity index is 214. The van der Waals surface area contributed by atoms with E-state index in [1.165, 1.54) is 0 Å². The van der Waals surface area contributed by atoms with Crippen LogP contribution in [0.1, 0.15) is 12.8 Å². The first-order valence-corrected chi connectivity index (χ1v) is 4.12. The molecule has 0 aromatic carbocycles. The molecule has 0 spiro atoms. The van der Waals surface area contributed by atoms with Gasteiger partial charge in [-0.05, 0) is 25.0 Å². The van der Waals surface area contributed by atoms with Crippen molar-refractivity contribution >= 4 is 11.6 Å². The highest BCUT2D eigenvalue weighted by Crippen LogP contribution is 2.11. The molecule has 0 radical (unpaired) electrons. The first-order chi connectivity index (χ1) is 5.33. The Hall–Kier alpha value is -0.690. The lowest BCUT2D eigenvalue weighted by molar-refractivity contribution is 0.967. The van der Waals surface area contributed by atoms with E-state index in [0.29, 0.717) is 0 Å². The van der Waals surface area contributed by atoms with Crippen LogP contribution in [0.2, 0.25) is 0 Å². The SMILES string of the molecule is CNC1=C/CC/C=C(Cl)/C=C\1. The van der Waals surface area contributed by atoms with Crippen molar-refractivity contribution in [2.75, 3.05) is 7.05 Å². The van der Waals surface area contributed by atoms with Crippen molar-refractivity contribution < 1.29 is 0 Å². The molecule has 0 saturated carbocycles. The van der Waals surface area contributed by atoms with Crippen LogP contribution >= 0.6 is 11.6 Å². The molecule has 0 aromatic rings. The van der Waals surface area contributed by atoms with Gasteiger partial charge in [0.05, 0.1) is 0 Å². The molecule has 0 fully saturated rings. The summed E-state index contributed by atoms with van der Waals surface area (Å²) in [6.45, 7) is 0. The summed E-state index contributed by atoms with van der Waals surface area (Å²) in [4.78, 5) is 0. The van der Waals surface area contributed by atoms with Gasteiger partial charge in [-0.15, -0.1) is 0 Å². The summed E-state index contributed by atoms with van der Waals surface area (Å²) in [5.74, 6) is 0. The van der Waals surface area contributed by atoms with E-state index in [2.05, 4.69) is 11.4 Å². The largest absolute Gasteiger partial charge is 0.388 e. The van der Waals surface area contributed by atoms with Crippen LogP contribution < -0.4 is 5.32 Å². The smallest absolute Gasteiger partial charge is 0.0366 e. The Morgan fingerprint density at radius 3 is 2.73 bits per heavy atom. The van der Waals surface area contributed by atoms with Crippen molar-refractivity contribution in [2.45, 2.75) is 12.8 Å². The maximum atomic E-state index is 5.84. The first-order valence-electron chi connectivity index (χ1n) is 3.74. The van der Waals surface area contributed by atoms with Crippen molar-refractivity contribution in [1.29, 1.82) is 0 Å². The van der Waals surface area contributed by atoms with E-state index >= 15 is 0 Å². The van der Waals surface area contributed by atoms with Crippen LogP contribution in [-0.4, -0.2) is 7.05 Å². The van der Waals surface area contributed by atoms with E-state index in [1.54, 1.807) is 0 Å². The van der Waals surface area contributed by atoms with E-state index in [-0.39, 0.29) is 0 Å². The normalized spacial score (nSPS) is 30.4. The van der Waals surface area contributed by atoms with Crippen molar-refractivity contribution in [3.8, 4) is 0 Å². The van der Waals surface area contributed by atoms with Gasteiger partial charge in [0.15, 0.2) is 0 Å². The fourth-order valence-electron chi connectivity index (χ4n) is 0.951. The van der Waals surface area contributed by atoms with Crippen molar-refractivity contribution in [3.63, 3.8) is 0 Å². The van der Waals surface area contributed by atoms with Crippen LogP contribution in [0.5, 0.6) is 0 Å². The zero-order valence-electron chi connectivity index (χ0n) is 6.60. The highest BCUT2D eigenvalue weighted by molar-refractivity contribution is 6.31. The van der Waals surface area contributed by atoms with Gasteiger partial charge < -0.3 is 5.32 Å². The Balaban J connectivity index is 2.71. The molecule has 1 N–H and O–H groups in total. The lowest BCUT2D eigenvalue weighted by atomic mass is 10.2. The molecule has 0 amide bonds. The summed E-state index contributed by atoms with van der Waals surface area (Å²) in [5.41, 5.74) is 1.14. The van der Waals surface area contributed by atoms with Crippen LogP contribution in [0.25, 0.3) is 0 Å². The molecule has 0 unspecified atom stereocenters. The topological polar surface area (TPSA) is 12.0 Å². The average molecular weight is 170 g/mol. The summed E-state index contributed by atoms with van der Waals surface area (Å²) in [7, 11) is 1.91. The van der Waals surface area contributed by atoms with Gasteiger partial charge in [-0.2, -0.15) is 0 Å². The van der Waals surface area contributed by atoms with Crippen molar-refractivity contribution in [3.05, 3.63) is 35.0 Å². The van der Waals surface area contributed by atoms with E-state index in [9.17, 15) is 0 Å². The molecule has 0 aromatic heterocycles. The molecule has 60 valence electrons. The Labute approximate surface area is 72.4 Å². The van der Waals surface area contributed by atoms with Gasteiger partial charge in [-0.3, -0.25) is 0 Å². The molecule has 0 bridgehead atoms. The molecular formula is C9H12ClN.